The first-order chi connectivity index (χ1) is 9.04. The highest BCUT2D eigenvalue weighted by Gasteiger charge is 2.07. The molecule has 1 aromatic heterocycles. The van der Waals surface area contributed by atoms with Crippen LogP contribution < -0.4 is 5.32 Å². The number of nitrogens with one attached hydrogen (secondary N) is 1. The first kappa shape index (κ1) is 15.5. The molecule has 19 heavy (non-hydrogen) atoms. The Morgan fingerprint density at radius 3 is 2.74 bits per heavy atom. The molecule has 0 radical (unpaired) electrons. The van der Waals surface area contributed by atoms with Crippen LogP contribution in [0.5, 0.6) is 0 Å². The van der Waals surface area contributed by atoms with Gasteiger partial charge >= 0.3 is 0 Å². The third kappa shape index (κ3) is 4.87. The lowest BCUT2D eigenvalue weighted by atomic mass is 10.1. The second-order valence-electron chi connectivity index (χ2n) is 4.45. The Bertz CT molecular complexity index is 537. The minimum Gasteiger partial charge on any atom is -0.309 e. The maximum absolute atomic E-state index is 5.99. The van der Waals surface area contributed by atoms with Crippen molar-refractivity contribution < 1.29 is 0 Å². The average molecular weight is 424 g/mol. The van der Waals surface area contributed by atoms with Gasteiger partial charge in [-0.25, -0.2) is 0 Å². The molecule has 102 valence electrons. The summed E-state index contributed by atoms with van der Waals surface area (Å²) in [6.45, 7) is 3.08. The van der Waals surface area contributed by atoms with Crippen LogP contribution in [0.4, 0.5) is 0 Å². The van der Waals surface area contributed by atoms with Crippen molar-refractivity contribution in [3.05, 3.63) is 54.1 Å². The van der Waals surface area contributed by atoms with Crippen LogP contribution in [0.1, 0.15) is 17.4 Å². The molecule has 5 heteroatoms. The van der Waals surface area contributed by atoms with E-state index in [0.29, 0.717) is 6.04 Å². The second-order valence-corrected chi connectivity index (χ2v) is 8.20. The van der Waals surface area contributed by atoms with Crippen molar-refractivity contribution >= 4 is 54.8 Å². The zero-order chi connectivity index (χ0) is 13.8. The molecule has 0 aliphatic carbocycles. The van der Waals surface area contributed by atoms with Gasteiger partial charge in [-0.1, -0.05) is 23.7 Å². The van der Waals surface area contributed by atoms with E-state index in [1.807, 2.05) is 18.2 Å². The molecular weight excluding hydrogens is 409 g/mol. The van der Waals surface area contributed by atoms with Crippen LogP contribution in [0.25, 0.3) is 0 Å². The summed E-state index contributed by atoms with van der Waals surface area (Å²) < 4.78 is 2.27. The summed E-state index contributed by atoms with van der Waals surface area (Å²) in [5.41, 5.74) is 1.26. The highest BCUT2D eigenvalue weighted by Crippen LogP contribution is 2.32. The SMILES string of the molecule is CC(Cc1cccc(Cl)c1)NCc1cc(Br)c(Br)s1. The highest BCUT2D eigenvalue weighted by atomic mass is 79.9. The predicted molar refractivity (Wildman–Crippen MR) is 91.2 cm³/mol. The van der Waals surface area contributed by atoms with E-state index in [0.717, 1.165) is 26.2 Å². The molecular formula is C14H14Br2ClNS. The molecule has 2 rings (SSSR count). The Labute approximate surface area is 139 Å². The monoisotopic (exact) mass is 421 g/mol. The second kappa shape index (κ2) is 7.23. The largest absolute Gasteiger partial charge is 0.309 e. The Morgan fingerprint density at radius 1 is 1.32 bits per heavy atom. The third-order valence-corrected chi connectivity index (χ3v) is 6.24. The summed E-state index contributed by atoms with van der Waals surface area (Å²) in [6.07, 6.45) is 0.980. The first-order valence-electron chi connectivity index (χ1n) is 5.96. The summed E-state index contributed by atoms with van der Waals surface area (Å²) >= 11 is 14.8. The number of rotatable bonds is 5. The topological polar surface area (TPSA) is 12.0 Å². The van der Waals surface area contributed by atoms with Crippen LogP contribution in [0, 0.1) is 0 Å². The minimum atomic E-state index is 0.415. The summed E-state index contributed by atoms with van der Waals surface area (Å²) in [4.78, 5) is 1.32. The zero-order valence-corrected chi connectivity index (χ0v) is 15.2. The number of benzene rings is 1. The van der Waals surface area contributed by atoms with Crippen molar-refractivity contribution in [2.24, 2.45) is 0 Å². The molecule has 1 atom stereocenters. The number of hydrogen-bond acceptors (Lipinski definition) is 2. The van der Waals surface area contributed by atoms with Crippen LogP contribution in [-0.2, 0) is 13.0 Å². The van der Waals surface area contributed by atoms with Crippen LogP contribution in [0.3, 0.4) is 0 Å². The predicted octanol–water partition coefficient (Wildman–Crippen LogP) is 5.65. The first-order valence-corrected chi connectivity index (χ1v) is 8.74. The van der Waals surface area contributed by atoms with E-state index in [-0.39, 0.29) is 0 Å². The van der Waals surface area contributed by atoms with Crippen molar-refractivity contribution in [1.82, 2.24) is 5.32 Å². The zero-order valence-electron chi connectivity index (χ0n) is 10.4. The van der Waals surface area contributed by atoms with Crippen molar-refractivity contribution in [2.75, 3.05) is 0 Å². The van der Waals surface area contributed by atoms with Crippen LogP contribution in [0.2, 0.25) is 5.02 Å². The van der Waals surface area contributed by atoms with Crippen LogP contribution >= 0.6 is 54.8 Å². The van der Waals surface area contributed by atoms with Gasteiger partial charge in [0.2, 0.25) is 0 Å². The van der Waals surface area contributed by atoms with E-state index in [1.165, 1.54) is 10.4 Å². The summed E-state index contributed by atoms with van der Waals surface area (Å²) in [7, 11) is 0. The minimum absolute atomic E-state index is 0.415. The van der Waals surface area contributed by atoms with Crippen molar-refractivity contribution in [3.63, 3.8) is 0 Å². The van der Waals surface area contributed by atoms with Crippen molar-refractivity contribution in [1.29, 1.82) is 0 Å². The molecule has 0 aliphatic rings. The van der Waals surface area contributed by atoms with E-state index in [1.54, 1.807) is 11.3 Å². The molecule has 1 heterocycles. The van der Waals surface area contributed by atoms with Crippen LogP contribution in [0.15, 0.2) is 38.6 Å². The quantitative estimate of drug-likeness (QED) is 0.656. The normalized spacial score (nSPS) is 12.6. The fourth-order valence-electron chi connectivity index (χ4n) is 1.84. The van der Waals surface area contributed by atoms with Gasteiger partial charge < -0.3 is 5.32 Å². The average Bonchev–Trinajstić information content (AvgIpc) is 2.66. The van der Waals surface area contributed by atoms with Crippen LogP contribution in [-0.4, -0.2) is 6.04 Å². The van der Waals surface area contributed by atoms with Gasteiger partial charge in [0, 0.05) is 27.0 Å². The van der Waals surface area contributed by atoms with E-state index in [9.17, 15) is 0 Å². The summed E-state index contributed by atoms with van der Waals surface area (Å²) in [6, 6.07) is 10.6. The highest BCUT2D eigenvalue weighted by molar-refractivity contribution is 9.13. The Hall–Kier alpha value is 0.130. The maximum atomic E-state index is 5.99. The summed E-state index contributed by atoms with van der Waals surface area (Å²) in [5, 5.41) is 4.33. The van der Waals surface area contributed by atoms with E-state index in [4.69, 9.17) is 11.6 Å². The summed E-state index contributed by atoms with van der Waals surface area (Å²) in [5.74, 6) is 0. The standard InChI is InChI=1S/C14H14Br2ClNS/c1-9(5-10-3-2-4-11(17)6-10)18-8-12-7-13(15)14(16)19-12/h2-4,6-7,9,18H,5,8H2,1H3. The molecule has 2 aromatic rings. The molecule has 1 N–H and O–H groups in total. The maximum Gasteiger partial charge on any atom is 0.0843 e. The lowest BCUT2D eigenvalue weighted by molar-refractivity contribution is 0.549. The van der Waals surface area contributed by atoms with E-state index in [2.05, 4.69) is 56.2 Å². The number of thiophene rings is 1. The lowest BCUT2D eigenvalue weighted by Crippen LogP contribution is -2.27. The van der Waals surface area contributed by atoms with Gasteiger partial charge in [-0.05, 0) is 69.0 Å². The number of halogens is 3. The molecule has 0 bridgehead atoms. The van der Waals surface area contributed by atoms with Gasteiger partial charge in [-0.15, -0.1) is 11.3 Å². The molecule has 0 fully saturated rings. The Balaban J connectivity index is 1.86. The fraction of sp³-hybridized carbons (Fsp3) is 0.286. The van der Waals surface area contributed by atoms with E-state index < -0.39 is 0 Å². The van der Waals surface area contributed by atoms with Gasteiger partial charge in [-0.3, -0.25) is 0 Å². The van der Waals surface area contributed by atoms with Gasteiger partial charge in [0.1, 0.15) is 0 Å². The molecule has 1 nitrogen and oxygen atoms in total. The van der Waals surface area contributed by atoms with Gasteiger partial charge in [0.25, 0.3) is 0 Å². The van der Waals surface area contributed by atoms with E-state index >= 15 is 0 Å². The van der Waals surface area contributed by atoms with Crippen molar-refractivity contribution in [2.45, 2.75) is 25.9 Å². The van der Waals surface area contributed by atoms with Gasteiger partial charge in [0.15, 0.2) is 0 Å². The van der Waals surface area contributed by atoms with Gasteiger partial charge in [-0.2, -0.15) is 0 Å². The third-order valence-electron chi connectivity index (χ3n) is 2.75. The molecule has 0 aliphatic heterocycles. The Morgan fingerprint density at radius 2 is 2.11 bits per heavy atom. The van der Waals surface area contributed by atoms with Crippen molar-refractivity contribution in [3.8, 4) is 0 Å². The Kier molecular flexibility index (Phi) is 5.90. The number of hydrogen-bond donors (Lipinski definition) is 1. The molecule has 0 saturated carbocycles. The molecule has 1 aromatic carbocycles. The lowest BCUT2D eigenvalue weighted by Gasteiger charge is -2.13. The molecule has 0 amide bonds. The molecule has 0 saturated heterocycles. The fourth-order valence-corrected chi connectivity index (χ4v) is 4.18. The van der Waals surface area contributed by atoms with Gasteiger partial charge in [0.05, 0.1) is 3.79 Å². The smallest absolute Gasteiger partial charge is 0.0843 e. The molecule has 1 unspecified atom stereocenters. The molecule has 0 spiro atoms.